The van der Waals surface area contributed by atoms with Crippen LogP contribution in [0.2, 0.25) is 0 Å². The van der Waals surface area contributed by atoms with E-state index in [1.807, 2.05) is 45.2 Å². The molecule has 0 saturated carbocycles. The number of nitrogens with zero attached hydrogens (tertiary/aromatic N) is 4. The average molecular weight is 427 g/mol. The second-order valence-electron chi connectivity index (χ2n) is 7.71. The number of imidazole rings is 1. The molecule has 3 rings (SSSR count). The Labute approximate surface area is 182 Å². The van der Waals surface area contributed by atoms with Crippen LogP contribution in [-0.2, 0) is 0 Å². The van der Waals surface area contributed by atoms with Crippen molar-refractivity contribution in [2.45, 2.75) is 67.2 Å². The number of hydrogen-bond donors (Lipinski definition) is 0. The number of aromatic nitrogens is 4. The Kier molecular flexibility index (Phi) is 6.86. The number of aryl methyl sites for hydroxylation is 3. The van der Waals surface area contributed by atoms with Crippen LogP contribution >= 0.6 is 11.3 Å². The molecular weight excluding hydrogens is 395 g/mol. The summed E-state index contributed by atoms with van der Waals surface area (Å²) < 4.78 is 14.9. The Morgan fingerprint density at radius 3 is 2.47 bits per heavy atom. The molecular formula is C24H31FN4S. The number of rotatable bonds is 7. The molecule has 3 aromatic rings. The van der Waals surface area contributed by atoms with Gasteiger partial charge in [0.05, 0.1) is 22.0 Å². The minimum absolute atomic E-state index is 0.463. The van der Waals surface area contributed by atoms with Gasteiger partial charge in [-0.05, 0) is 65.0 Å². The van der Waals surface area contributed by atoms with E-state index >= 15 is 0 Å². The van der Waals surface area contributed by atoms with Crippen LogP contribution in [0, 0.1) is 20.8 Å². The molecule has 0 radical (unpaired) electrons. The maximum Gasteiger partial charge on any atom is 0.158 e. The Hall–Kier alpha value is -2.34. The molecule has 0 N–H and O–H groups in total. The number of thiazole rings is 1. The summed E-state index contributed by atoms with van der Waals surface area (Å²) in [4.78, 5) is 10.8. The summed E-state index contributed by atoms with van der Waals surface area (Å²) in [5.74, 6) is 0.463. The summed E-state index contributed by atoms with van der Waals surface area (Å²) in [5, 5.41) is 5.72. The zero-order chi connectivity index (χ0) is 22.0. The van der Waals surface area contributed by atoms with Crippen LogP contribution in [0.1, 0.15) is 74.1 Å². The maximum atomic E-state index is 12.8. The summed E-state index contributed by atoms with van der Waals surface area (Å²) in [6.45, 7) is 14.0. The fraction of sp³-hybridized carbons (Fsp3) is 0.458. The molecule has 30 heavy (non-hydrogen) atoms. The molecule has 0 amide bonds. The van der Waals surface area contributed by atoms with Gasteiger partial charge in [-0.15, -0.1) is 11.3 Å². The van der Waals surface area contributed by atoms with E-state index in [4.69, 9.17) is 15.1 Å². The van der Waals surface area contributed by atoms with Gasteiger partial charge in [0.25, 0.3) is 0 Å². The molecule has 0 atom stereocenters. The molecule has 0 aliphatic carbocycles. The van der Waals surface area contributed by atoms with Gasteiger partial charge >= 0.3 is 0 Å². The average Bonchev–Trinajstić information content (AvgIpc) is 3.22. The van der Waals surface area contributed by atoms with Crippen molar-refractivity contribution in [3.63, 3.8) is 0 Å². The van der Waals surface area contributed by atoms with Crippen molar-refractivity contribution < 1.29 is 4.39 Å². The van der Waals surface area contributed by atoms with Crippen molar-refractivity contribution in [3.8, 4) is 10.6 Å². The highest BCUT2D eigenvalue weighted by atomic mass is 32.1. The van der Waals surface area contributed by atoms with Gasteiger partial charge in [0, 0.05) is 11.1 Å². The summed E-state index contributed by atoms with van der Waals surface area (Å²) in [7, 11) is 0. The molecule has 0 saturated heterocycles. The fourth-order valence-electron chi connectivity index (χ4n) is 4.04. The van der Waals surface area contributed by atoms with Crippen LogP contribution in [0.5, 0.6) is 0 Å². The summed E-state index contributed by atoms with van der Waals surface area (Å²) in [6.07, 6.45) is 5.74. The molecule has 3 aromatic heterocycles. The van der Waals surface area contributed by atoms with Gasteiger partial charge < -0.3 is 0 Å². The number of halogens is 1. The van der Waals surface area contributed by atoms with Gasteiger partial charge in [-0.2, -0.15) is 5.10 Å². The zero-order valence-corrected chi connectivity index (χ0v) is 19.8. The van der Waals surface area contributed by atoms with Gasteiger partial charge in [-0.25, -0.2) is 18.9 Å². The molecule has 160 valence electrons. The van der Waals surface area contributed by atoms with Crippen molar-refractivity contribution in [2.24, 2.45) is 0 Å². The standard InChI is InChI=1S/C24H31FN4S/c1-8-18(9-2)20-13-15(5)28-29-21(16(6)26-23(20)29)22-17(7)27-24(30-22)19(10-3)14(4)11-12-25/h10-11,13,18H,8-9,12H2,1-7H3/b14-11-,19-10+. The highest BCUT2D eigenvalue weighted by Gasteiger charge is 2.23. The van der Waals surface area contributed by atoms with Crippen LogP contribution < -0.4 is 0 Å². The lowest BCUT2D eigenvalue weighted by molar-refractivity contribution is 0.560. The summed E-state index contributed by atoms with van der Waals surface area (Å²) in [5.41, 5.74) is 7.97. The molecule has 0 unspecified atom stereocenters. The third-order valence-corrected chi connectivity index (χ3v) is 6.87. The Morgan fingerprint density at radius 2 is 1.87 bits per heavy atom. The Bertz CT molecular complexity index is 1120. The second-order valence-corrected chi connectivity index (χ2v) is 8.71. The zero-order valence-electron chi connectivity index (χ0n) is 19.0. The van der Waals surface area contributed by atoms with E-state index in [0.717, 1.165) is 62.3 Å². The van der Waals surface area contributed by atoms with Crippen molar-refractivity contribution in [1.29, 1.82) is 0 Å². The van der Waals surface area contributed by atoms with Crippen molar-refractivity contribution in [3.05, 3.63) is 51.4 Å². The first-order valence-corrected chi connectivity index (χ1v) is 11.4. The number of alkyl halides is 1. The molecule has 0 fully saturated rings. The highest BCUT2D eigenvalue weighted by Crippen LogP contribution is 2.38. The van der Waals surface area contributed by atoms with E-state index < -0.39 is 6.67 Å². The van der Waals surface area contributed by atoms with E-state index in [2.05, 4.69) is 19.9 Å². The van der Waals surface area contributed by atoms with Crippen LogP contribution in [0.3, 0.4) is 0 Å². The maximum absolute atomic E-state index is 12.8. The summed E-state index contributed by atoms with van der Waals surface area (Å²) in [6, 6.07) is 2.18. The van der Waals surface area contributed by atoms with Gasteiger partial charge in [0.15, 0.2) is 5.65 Å². The predicted octanol–water partition coefficient (Wildman–Crippen LogP) is 7.00. The number of allylic oxidation sites excluding steroid dienone is 4. The Morgan fingerprint density at radius 1 is 1.17 bits per heavy atom. The molecule has 0 aromatic carbocycles. The SMILES string of the molecule is C/C=C(\C(C)=C/CF)c1nc(C)c(-c2c(C)nc3c(C(CC)CC)cc(C)nn23)s1. The van der Waals surface area contributed by atoms with E-state index in [1.165, 1.54) is 5.56 Å². The lowest BCUT2D eigenvalue weighted by atomic mass is 9.95. The highest BCUT2D eigenvalue weighted by molar-refractivity contribution is 7.16. The van der Waals surface area contributed by atoms with E-state index in [9.17, 15) is 4.39 Å². The number of fused-ring (bicyclic) bond motifs is 1. The smallest absolute Gasteiger partial charge is 0.158 e. The minimum Gasteiger partial charge on any atom is -0.247 e. The minimum atomic E-state index is -0.477. The third-order valence-electron chi connectivity index (χ3n) is 5.67. The first-order valence-electron chi connectivity index (χ1n) is 10.6. The van der Waals surface area contributed by atoms with Gasteiger partial charge in [-0.3, -0.25) is 0 Å². The lowest BCUT2D eigenvalue weighted by Crippen LogP contribution is -2.05. The fourth-order valence-corrected chi connectivity index (χ4v) is 5.33. The molecule has 4 nitrogen and oxygen atoms in total. The van der Waals surface area contributed by atoms with Crippen LogP contribution in [0.25, 0.3) is 21.8 Å². The van der Waals surface area contributed by atoms with Gasteiger partial charge in [0.2, 0.25) is 0 Å². The quantitative estimate of drug-likeness (QED) is 0.382. The largest absolute Gasteiger partial charge is 0.247 e. The number of hydrogen-bond acceptors (Lipinski definition) is 4. The first-order chi connectivity index (χ1) is 14.4. The first kappa shape index (κ1) is 22.3. The molecule has 3 heterocycles. The van der Waals surface area contributed by atoms with Gasteiger partial charge in [0.1, 0.15) is 17.4 Å². The monoisotopic (exact) mass is 426 g/mol. The Balaban J connectivity index is 2.23. The van der Waals surface area contributed by atoms with Crippen LogP contribution in [-0.4, -0.2) is 26.3 Å². The van der Waals surface area contributed by atoms with E-state index in [1.54, 1.807) is 17.4 Å². The molecule has 0 aliphatic rings. The summed E-state index contributed by atoms with van der Waals surface area (Å²) >= 11 is 1.62. The second kappa shape index (κ2) is 9.21. The van der Waals surface area contributed by atoms with Crippen LogP contribution in [0.15, 0.2) is 23.8 Å². The molecule has 0 bridgehead atoms. The normalized spacial score (nSPS) is 13.1. The van der Waals surface area contributed by atoms with Gasteiger partial charge in [-0.1, -0.05) is 26.0 Å². The molecule has 0 spiro atoms. The van der Waals surface area contributed by atoms with Crippen molar-refractivity contribution in [2.75, 3.05) is 6.67 Å². The third kappa shape index (κ3) is 3.97. The molecule has 0 aliphatic heterocycles. The van der Waals surface area contributed by atoms with Crippen molar-refractivity contribution >= 4 is 22.6 Å². The van der Waals surface area contributed by atoms with E-state index in [-0.39, 0.29) is 0 Å². The van der Waals surface area contributed by atoms with Crippen molar-refractivity contribution in [1.82, 2.24) is 19.6 Å². The lowest BCUT2D eigenvalue weighted by Gasteiger charge is -2.14. The van der Waals surface area contributed by atoms with Crippen LogP contribution in [0.4, 0.5) is 4.39 Å². The molecule has 6 heteroatoms. The predicted molar refractivity (Wildman–Crippen MR) is 125 cm³/mol. The van der Waals surface area contributed by atoms with E-state index in [0.29, 0.717) is 5.92 Å². The topological polar surface area (TPSA) is 43.1 Å².